The molecule has 10 heavy (non-hydrogen) atoms. The Kier molecular flexibility index (Phi) is 7.20. The van der Waals surface area contributed by atoms with Crippen LogP contribution in [-0.4, -0.2) is 11.8 Å². The first kappa shape index (κ1) is 10.0. The zero-order valence-electron chi connectivity index (χ0n) is 5.61. The van der Waals surface area contributed by atoms with Gasteiger partial charge in [0.25, 0.3) is 0 Å². The van der Waals surface area contributed by atoms with Crippen molar-refractivity contribution < 1.29 is 9.08 Å². The molecule has 0 aromatic heterocycles. The first-order chi connectivity index (χ1) is 4.81. The van der Waals surface area contributed by atoms with Crippen LogP contribution in [0.3, 0.4) is 0 Å². The molecule has 0 aliphatic rings. The lowest BCUT2D eigenvalue weighted by atomic mass is 10.2. The van der Waals surface area contributed by atoms with Crippen molar-refractivity contribution in [2.75, 3.05) is 5.88 Å². The van der Waals surface area contributed by atoms with Gasteiger partial charge >= 0.3 is 5.97 Å². The highest BCUT2D eigenvalue weighted by Crippen LogP contribution is 2.02. The molecule has 0 saturated carbocycles. The van der Waals surface area contributed by atoms with Gasteiger partial charge in [-0.3, -0.25) is 4.79 Å². The van der Waals surface area contributed by atoms with Gasteiger partial charge in [0.2, 0.25) is 0 Å². The third-order valence-electron chi connectivity index (χ3n) is 1.10. The Hall–Kier alpha value is 0.0500. The molecule has 0 atom stereocenters. The highest BCUT2D eigenvalue weighted by molar-refractivity contribution is 6.17. The fourth-order valence-electron chi connectivity index (χ4n) is 0.579. The van der Waals surface area contributed by atoms with Gasteiger partial charge in [0.15, 0.2) is 0 Å². The lowest BCUT2D eigenvalue weighted by Crippen LogP contribution is -1.95. The van der Waals surface area contributed by atoms with Gasteiger partial charge in [-0.05, 0) is 12.8 Å². The molecule has 0 radical (unpaired) electrons. The van der Waals surface area contributed by atoms with E-state index >= 15 is 0 Å². The standard InChI is InChI=1S/C6H10Cl2O2/c7-5-3-1-2-4-6(9)10-8/h1-5H2. The third-order valence-corrected chi connectivity index (χ3v) is 1.54. The molecule has 2 nitrogen and oxygen atoms in total. The summed E-state index contributed by atoms with van der Waals surface area (Å²) < 4.78 is 3.93. The summed E-state index contributed by atoms with van der Waals surface area (Å²) >= 11 is 10.2. The zero-order chi connectivity index (χ0) is 7.82. The summed E-state index contributed by atoms with van der Waals surface area (Å²) in [6.07, 6.45) is 3.09. The van der Waals surface area contributed by atoms with Crippen LogP contribution in [0.2, 0.25) is 0 Å². The molecule has 0 unspecified atom stereocenters. The molecule has 0 aromatic rings. The Morgan fingerprint density at radius 3 is 2.50 bits per heavy atom. The Morgan fingerprint density at radius 2 is 2.00 bits per heavy atom. The average molecular weight is 185 g/mol. The van der Waals surface area contributed by atoms with Gasteiger partial charge in [-0.15, -0.1) is 11.6 Å². The molecule has 0 N–H and O–H groups in total. The Labute approximate surface area is 70.6 Å². The van der Waals surface area contributed by atoms with E-state index in [1.165, 1.54) is 0 Å². The molecule has 0 spiro atoms. The number of hydrogen-bond donors (Lipinski definition) is 0. The van der Waals surface area contributed by atoms with Crippen molar-refractivity contribution in [1.82, 2.24) is 0 Å². The van der Waals surface area contributed by atoms with Crippen molar-refractivity contribution in [3.05, 3.63) is 0 Å². The molecular weight excluding hydrogens is 175 g/mol. The number of hydrogen-bond acceptors (Lipinski definition) is 2. The van der Waals surface area contributed by atoms with Crippen molar-refractivity contribution in [3.63, 3.8) is 0 Å². The molecule has 0 aliphatic heterocycles. The SMILES string of the molecule is O=C(CCCCCCl)OCl. The summed E-state index contributed by atoms with van der Waals surface area (Å²) in [6, 6.07) is 0. The zero-order valence-corrected chi connectivity index (χ0v) is 7.12. The molecule has 0 aliphatic carbocycles. The summed E-state index contributed by atoms with van der Waals surface area (Å²) in [5.74, 6) is 0.284. The van der Waals surface area contributed by atoms with Crippen molar-refractivity contribution in [2.45, 2.75) is 25.7 Å². The van der Waals surface area contributed by atoms with E-state index in [0.29, 0.717) is 12.3 Å². The van der Waals surface area contributed by atoms with E-state index in [-0.39, 0.29) is 5.97 Å². The maximum Gasteiger partial charge on any atom is 0.324 e. The molecular formula is C6H10Cl2O2. The molecule has 0 aromatic carbocycles. The van der Waals surface area contributed by atoms with Crippen LogP contribution in [0.25, 0.3) is 0 Å². The van der Waals surface area contributed by atoms with E-state index in [9.17, 15) is 4.79 Å². The third kappa shape index (κ3) is 6.17. The van der Waals surface area contributed by atoms with E-state index in [1.807, 2.05) is 0 Å². The molecule has 0 bridgehead atoms. The molecule has 0 heterocycles. The van der Waals surface area contributed by atoms with Crippen LogP contribution in [0.5, 0.6) is 0 Å². The predicted molar refractivity (Wildman–Crippen MR) is 41.1 cm³/mol. The van der Waals surface area contributed by atoms with E-state index < -0.39 is 0 Å². The van der Waals surface area contributed by atoms with Crippen molar-refractivity contribution in [3.8, 4) is 0 Å². The normalized spacial score (nSPS) is 9.40. The van der Waals surface area contributed by atoms with E-state index in [2.05, 4.69) is 4.29 Å². The second kappa shape index (κ2) is 7.16. The smallest absolute Gasteiger partial charge is 0.324 e. The lowest BCUT2D eigenvalue weighted by molar-refractivity contribution is -0.134. The van der Waals surface area contributed by atoms with E-state index in [0.717, 1.165) is 19.3 Å². The minimum Gasteiger partial charge on any atom is -0.348 e. The van der Waals surface area contributed by atoms with Gasteiger partial charge in [-0.1, -0.05) is 6.42 Å². The molecule has 4 heteroatoms. The lowest BCUT2D eigenvalue weighted by Gasteiger charge is -1.94. The highest BCUT2D eigenvalue weighted by atomic mass is 35.5. The summed E-state index contributed by atoms with van der Waals surface area (Å²) in [6.45, 7) is 0. The fourth-order valence-corrected chi connectivity index (χ4v) is 0.845. The quantitative estimate of drug-likeness (QED) is 0.485. The van der Waals surface area contributed by atoms with Gasteiger partial charge in [0.1, 0.15) is 11.9 Å². The first-order valence-corrected chi connectivity index (χ1v) is 4.03. The topological polar surface area (TPSA) is 26.3 Å². The summed E-state index contributed by atoms with van der Waals surface area (Å²) in [7, 11) is 0. The Balaban J connectivity index is 2.96. The Morgan fingerprint density at radius 1 is 1.30 bits per heavy atom. The largest absolute Gasteiger partial charge is 0.348 e. The highest BCUT2D eigenvalue weighted by Gasteiger charge is 1.99. The maximum atomic E-state index is 10.4. The number of rotatable bonds is 5. The number of alkyl halides is 1. The minimum atomic E-state index is -0.365. The van der Waals surface area contributed by atoms with E-state index in [1.54, 1.807) is 0 Å². The van der Waals surface area contributed by atoms with Crippen LogP contribution in [0.1, 0.15) is 25.7 Å². The second-order valence-electron chi connectivity index (χ2n) is 1.95. The minimum absolute atomic E-state index is 0.365. The van der Waals surface area contributed by atoms with Crippen LogP contribution in [-0.2, 0) is 9.08 Å². The first-order valence-electron chi connectivity index (χ1n) is 3.18. The fraction of sp³-hybridized carbons (Fsp3) is 0.833. The maximum absolute atomic E-state index is 10.4. The summed E-state index contributed by atoms with van der Waals surface area (Å²) in [5.41, 5.74) is 0. The molecule has 0 saturated heterocycles. The van der Waals surface area contributed by atoms with Gasteiger partial charge in [0.05, 0.1) is 0 Å². The van der Waals surface area contributed by atoms with Crippen molar-refractivity contribution in [1.29, 1.82) is 0 Å². The van der Waals surface area contributed by atoms with Crippen LogP contribution < -0.4 is 0 Å². The van der Waals surface area contributed by atoms with Crippen LogP contribution in [0, 0.1) is 0 Å². The number of carbonyl (C=O) groups excluding carboxylic acids is 1. The van der Waals surface area contributed by atoms with Crippen LogP contribution >= 0.6 is 23.5 Å². The van der Waals surface area contributed by atoms with Crippen molar-refractivity contribution in [2.24, 2.45) is 0 Å². The summed E-state index contributed by atoms with van der Waals surface area (Å²) in [5, 5.41) is 0. The van der Waals surface area contributed by atoms with Gasteiger partial charge in [0, 0.05) is 12.3 Å². The molecule has 0 fully saturated rings. The second-order valence-corrected chi connectivity index (χ2v) is 2.48. The van der Waals surface area contributed by atoms with E-state index in [4.69, 9.17) is 23.5 Å². The van der Waals surface area contributed by atoms with Gasteiger partial charge < -0.3 is 4.29 Å². The molecule has 60 valence electrons. The number of unbranched alkanes of at least 4 members (excludes halogenated alkanes) is 2. The van der Waals surface area contributed by atoms with Gasteiger partial charge in [-0.25, -0.2) is 0 Å². The van der Waals surface area contributed by atoms with Crippen LogP contribution in [0.15, 0.2) is 0 Å². The molecule has 0 rings (SSSR count). The average Bonchev–Trinajstić information content (AvgIpc) is 1.98. The van der Waals surface area contributed by atoms with Gasteiger partial charge in [-0.2, -0.15) is 0 Å². The number of halogens is 2. The molecule has 0 amide bonds. The summed E-state index contributed by atoms with van der Waals surface area (Å²) in [4.78, 5) is 10.4. The number of carbonyl (C=O) groups is 1. The Bertz CT molecular complexity index is 95.7. The predicted octanol–water partition coefficient (Wildman–Crippen LogP) is 2.48. The van der Waals surface area contributed by atoms with Crippen molar-refractivity contribution >= 4 is 29.4 Å². The monoisotopic (exact) mass is 184 g/mol. The van der Waals surface area contributed by atoms with Crippen LogP contribution in [0.4, 0.5) is 0 Å².